The molecule has 1 aromatic carbocycles. The molecule has 3 N–H and O–H groups in total. The van der Waals surface area contributed by atoms with Crippen molar-refractivity contribution in [1.82, 2.24) is 20.5 Å². The molecule has 3 heterocycles. The normalized spacial score (nSPS) is 27.7. The maximum Gasteiger partial charge on any atom is 0.271 e. The zero-order valence-corrected chi connectivity index (χ0v) is 18.8. The van der Waals surface area contributed by atoms with Crippen LogP contribution in [0, 0.1) is 46.1 Å². The molecule has 2 saturated heterocycles. The topological polar surface area (TPSA) is 118 Å². The van der Waals surface area contributed by atoms with Crippen LogP contribution in [0.1, 0.15) is 37.2 Å². The molecule has 10 heteroatoms. The number of nitrogens with zero attached hydrogens (tertiary/aromatic N) is 2. The lowest BCUT2D eigenvalue weighted by Gasteiger charge is -2.30. The van der Waals surface area contributed by atoms with E-state index in [0.29, 0.717) is 24.9 Å². The summed E-state index contributed by atoms with van der Waals surface area (Å²) in [7, 11) is 0. The first-order valence-electron chi connectivity index (χ1n) is 11.4. The molecule has 1 saturated carbocycles. The summed E-state index contributed by atoms with van der Waals surface area (Å²) >= 11 is 0. The van der Waals surface area contributed by atoms with Gasteiger partial charge in [-0.15, -0.1) is 0 Å². The molecule has 3 fully saturated rings. The van der Waals surface area contributed by atoms with Crippen molar-refractivity contribution in [3.8, 4) is 6.07 Å². The third kappa shape index (κ3) is 3.50. The number of nitriles is 1. The largest absolute Gasteiger partial charge is 0.356 e. The minimum absolute atomic E-state index is 0.0650. The van der Waals surface area contributed by atoms with Gasteiger partial charge in [0.1, 0.15) is 17.8 Å². The Labute approximate surface area is 194 Å². The van der Waals surface area contributed by atoms with Gasteiger partial charge in [0.15, 0.2) is 11.6 Å². The zero-order valence-electron chi connectivity index (χ0n) is 18.8. The number of piperidine rings is 1. The Balaban J connectivity index is 1.37. The highest BCUT2D eigenvalue weighted by Gasteiger charge is 2.69. The first-order chi connectivity index (χ1) is 16.1. The number of nitrogens with one attached hydrogen (secondary N) is 3. The molecule has 1 unspecified atom stereocenters. The highest BCUT2D eigenvalue weighted by molar-refractivity contribution is 6.01. The highest BCUT2D eigenvalue weighted by atomic mass is 19.2. The molecular weight excluding hydrogens is 444 g/mol. The Morgan fingerprint density at radius 1 is 1.29 bits per heavy atom. The van der Waals surface area contributed by atoms with Gasteiger partial charge in [0.25, 0.3) is 5.91 Å². The van der Waals surface area contributed by atoms with E-state index in [0.717, 1.165) is 12.1 Å². The number of hydrogen-bond donors (Lipinski definition) is 3. The molecule has 2 aromatic rings. The van der Waals surface area contributed by atoms with E-state index in [1.165, 1.54) is 11.0 Å². The van der Waals surface area contributed by atoms with Gasteiger partial charge in [-0.2, -0.15) is 5.26 Å². The Bertz CT molecular complexity index is 1210. The van der Waals surface area contributed by atoms with Crippen molar-refractivity contribution in [1.29, 1.82) is 5.26 Å². The molecule has 8 nitrogen and oxygen atoms in total. The van der Waals surface area contributed by atoms with Gasteiger partial charge in [-0.1, -0.05) is 13.8 Å². The Morgan fingerprint density at radius 2 is 2.03 bits per heavy atom. The van der Waals surface area contributed by atoms with Gasteiger partial charge in [0.05, 0.1) is 6.07 Å². The first kappa shape index (κ1) is 22.3. The summed E-state index contributed by atoms with van der Waals surface area (Å²) in [5, 5.41) is 15.4. The van der Waals surface area contributed by atoms with Gasteiger partial charge in [0.2, 0.25) is 11.8 Å². The monoisotopic (exact) mass is 469 g/mol. The van der Waals surface area contributed by atoms with Crippen LogP contribution in [0.4, 0.5) is 8.78 Å². The van der Waals surface area contributed by atoms with Gasteiger partial charge in [-0.05, 0) is 42.2 Å². The standard InChI is InChI=1S/C24H25F2N5O3/c1-24(2)14-10-31(23(34)18-7-12-6-15(25)16(26)8-17(12)30-18)20(19(14)24)22(33)29-13(9-27)5-11-3-4-28-21(11)32/h6-8,11,13-14,19-20,30H,3-5,10H2,1-2H3,(H,28,32)(H,29,33)/t11?,13-,14-,19-,20-/m0/s1. The SMILES string of the molecule is CC1(C)[C@@H]2[C@@H](C(=O)N[C@H](C#N)CC3CCNC3=O)N(C(=O)c3cc4cc(F)c(F)cc4[nH]3)C[C@@H]21. The summed E-state index contributed by atoms with van der Waals surface area (Å²) in [4.78, 5) is 42.9. The fourth-order valence-electron chi connectivity index (χ4n) is 5.75. The van der Waals surface area contributed by atoms with Crippen molar-refractivity contribution in [2.75, 3.05) is 13.1 Å². The number of likely N-dealkylation sites (tertiary alicyclic amines) is 1. The third-order valence-corrected chi connectivity index (χ3v) is 7.79. The van der Waals surface area contributed by atoms with Crippen LogP contribution in [0.15, 0.2) is 18.2 Å². The first-order valence-corrected chi connectivity index (χ1v) is 11.4. The predicted molar refractivity (Wildman–Crippen MR) is 117 cm³/mol. The number of amides is 3. The van der Waals surface area contributed by atoms with E-state index in [1.54, 1.807) is 0 Å². The van der Waals surface area contributed by atoms with Crippen molar-refractivity contribution < 1.29 is 23.2 Å². The second-order valence-corrected chi connectivity index (χ2v) is 10.1. The summed E-state index contributed by atoms with van der Waals surface area (Å²) in [6.45, 7) is 5.01. The molecule has 0 radical (unpaired) electrons. The maximum absolute atomic E-state index is 13.6. The van der Waals surface area contributed by atoms with Crippen LogP contribution in [-0.2, 0) is 9.59 Å². The van der Waals surface area contributed by atoms with Crippen LogP contribution >= 0.6 is 0 Å². The van der Waals surface area contributed by atoms with Crippen molar-refractivity contribution in [2.24, 2.45) is 23.2 Å². The van der Waals surface area contributed by atoms with E-state index in [4.69, 9.17) is 0 Å². The van der Waals surface area contributed by atoms with Crippen molar-refractivity contribution in [3.63, 3.8) is 0 Å². The summed E-state index contributed by atoms with van der Waals surface area (Å²) in [5.74, 6) is -3.28. The number of carbonyl (C=O) groups excluding carboxylic acids is 3. The lowest BCUT2D eigenvalue weighted by molar-refractivity contribution is -0.127. The number of benzene rings is 1. The molecule has 5 atom stereocenters. The second-order valence-electron chi connectivity index (χ2n) is 10.1. The van der Waals surface area contributed by atoms with E-state index < -0.39 is 35.5 Å². The number of hydrogen-bond acceptors (Lipinski definition) is 4. The van der Waals surface area contributed by atoms with E-state index in [1.807, 2.05) is 13.8 Å². The number of H-pyrrole nitrogens is 1. The Morgan fingerprint density at radius 3 is 2.71 bits per heavy atom. The van der Waals surface area contributed by atoms with E-state index in [-0.39, 0.29) is 46.7 Å². The minimum Gasteiger partial charge on any atom is -0.356 e. The minimum atomic E-state index is -1.02. The predicted octanol–water partition coefficient (Wildman–Crippen LogP) is 2.08. The second kappa shape index (κ2) is 7.79. The zero-order chi connectivity index (χ0) is 24.4. The lowest BCUT2D eigenvalue weighted by Crippen LogP contribution is -2.52. The van der Waals surface area contributed by atoms with Crippen LogP contribution in [0.2, 0.25) is 0 Å². The fraction of sp³-hybridized carbons (Fsp3) is 0.500. The molecule has 3 amide bonds. The van der Waals surface area contributed by atoms with E-state index in [2.05, 4.69) is 21.7 Å². The molecular formula is C24H25F2N5O3. The average molecular weight is 469 g/mol. The van der Waals surface area contributed by atoms with Crippen molar-refractivity contribution >= 4 is 28.6 Å². The van der Waals surface area contributed by atoms with Gasteiger partial charge in [0, 0.05) is 36.0 Å². The number of halogens is 2. The fourth-order valence-corrected chi connectivity index (χ4v) is 5.75. The van der Waals surface area contributed by atoms with Crippen molar-refractivity contribution in [2.45, 2.75) is 38.8 Å². The lowest BCUT2D eigenvalue weighted by atomic mass is 9.97. The molecule has 3 aliphatic rings. The van der Waals surface area contributed by atoms with E-state index >= 15 is 0 Å². The molecule has 5 rings (SSSR count). The average Bonchev–Trinajstić information content (AvgIpc) is 3.28. The molecule has 34 heavy (non-hydrogen) atoms. The van der Waals surface area contributed by atoms with E-state index in [9.17, 15) is 28.4 Å². The summed E-state index contributed by atoms with van der Waals surface area (Å²) in [6.07, 6.45) is 0.825. The smallest absolute Gasteiger partial charge is 0.271 e. The van der Waals surface area contributed by atoms with Crippen LogP contribution in [-0.4, -0.2) is 52.8 Å². The van der Waals surface area contributed by atoms with Crippen LogP contribution in [0.25, 0.3) is 10.9 Å². The number of rotatable bonds is 5. The molecule has 178 valence electrons. The summed E-state index contributed by atoms with van der Waals surface area (Å²) in [6, 6.07) is 3.89. The van der Waals surface area contributed by atoms with Gasteiger partial charge >= 0.3 is 0 Å². The van der Waals surface area contributed by atoms with Gasteiger partial charge in [-0.25, -0.2) is 8.78 Å². The van der Waals surface area contributed by atoms with Crippen LogP contribution in [0.3, 0.4) is 0 Å². The number of carbonyl (C=O) groups is 3. The van der Waals surface area contributed by atoms with Crippen molar-refractivity contribution in [3.05, 3.63) is 35.5 Å². The molecule has 1 aliphatic carbocycles. The third-order valence-electron chi connectivity index (χ3n) is 7.79. The number of fused-ring (bicyclic) bond motifs is 2. The highest BCUT2D eigenvalue weighted by Crippen LogP contribution is 2.65. The summed E-state index contributed by atoms with van der Waals surface area (Å²) < 4.78 is 27.2. The Kier molecular flexibility index (Phi) is 5.11. The van der Waals surface area contributed by atoms with Crippen LogP contribution < -0.4 is 10.6 Å². The van der Waals surface area contributed by atoms with Gasteiger partial charge < -0.3 is 20.5 Å². The number of aromatic amines is 1. The van der Waals surface area contributed by atoms with Gasteiger partial charge in [-0.3, -0.25) is 14.4 Å². The Hall–Kier alpha value is -3.48. The molecule has 2 aliphatic heterocycles. The van der Waals surface area contributed by atoms with Crippen LogP contribution in [0.5, 0.6) is 0 Å². The molecule has 0 bridgehead atoms. The maximum atomic E-state index is 13.6. The quantitative estimate of drug-likeness (QED) is 0.621. The molecule has 0 spiro atoms. The number of aromatic nitrogens is 1. The molecule has 1 aromatic heterocycles. The summed E-state index contributed by atoms with van der Waals surface area (Å²) in [5.41, 5.74) is 0.294.